The molecule has 0 aromatic heterocycles. The van der Waals surface area contributed by atoms with Crippen LogP contribution in [0.4, 0.5) is 0 Å². The number of fused-ring (bicyclic) bond motifs is 1. The molecule has 0 spiro atoms. The highest BCUT2D eigenvalue weighted by atomic mass is 32.2. The van der Waals surface area contributed by atoms with E-state index < -0.39 is 10.0 Å². The van der Waals surface area contributed by atoms with Crippen LogP contribution in [0.5, 0.6) is 0 Å². The summed E-state index contributed by atoms with van der Waals surface area (Å²) in [5, 5.41) is 0. The maximum absolute atomic E-state index is 12.8. The van der Waals surface area contributed by atoms with Gasteiger partial charge in [0.05, 0.1) is 4.90 Å². The molecular weight excluding hydrogens is 284 g/mol. The summed E-state index contributed by atoms with van der Waals surface area (Å²) in [7, 11) is -3.46. The van der Waals surface area contributed by atoms with E-state index in [2.05, 4.69) is 6.07 Å². The molecule has 0 saturated heterocycles. The van der Waals surface area contributed by atoms with Crippen molar-refractivity contribution in [2.75, 3.05) is 6.54 Å². The third-order valence-electron chi connectivity index (χ3n) is 3.87. The summed E-state index contributed by atoms with van der Waals surface area (Å²) in [5.74, 6) is 0. The molecule has 3 rings (SSSR count). The number of sulfonamides is 1. The zero-order valence-electron chi connectivity index (χ0n) is 11.7. The zero-order valence-corrected chi connectivity index (χ0v) is 12.5. The predicted octanol–water partition coefficient (Wildman–Crippen LogP) is 1.89. The van der Waals surface area contributed by atoms with Crippen molar-refractivity contribution in [1.82, 2.24) is 4.31 Å². The maximum Gasteiger partial charge on any atom is 0.243 e. The largest absolute Gasteiger partial charge is 0.326 e. The molecule has 0 atom stereocenters. The molecule has 2 N–H and O–H groups in total. The third-order valence-corrected chi connectivity index (χ3v) is 5.71. The van der Waals surface area contributed by atoms with Crippen LogP contribution in [0.25, 0.3) is 0 Å². The average Bonchev–Trinajstić information content (AvgIpc) is 2.54. The highest BCUT2D eigenvalue weighted by Crippen LogP contribution is 2.25. The van der Waals surface area contributed by atoms with Gasteiger partial charge in [-0.3, -0.25) is 0 Å². The van der Waals surface area contributed by atoms with Crippen molar-refractivity contribution in [2.24, 2.45) is 5.73 Å². The lowest BCUT2D eigenvalue weighted by atomic mass is 10.0. The van der Waals surface area contributed by atoms with E-state index in [0.717, 1.165) is 17.5 Å². The van der Waals surface area contributed by atoms with Gasteiger partial charge in [-0.2, -0.15) is 4.31 Å². The molecule has 1 aliphatic rings. The highest BCUT2D eigenvalue weighted by Gasteiger charge is 2.28. The number of benzene rings is 2. The van der Waals surface area contributed by atoms with Crippen molar-refractivity contribution in [3.63, 3.8) is 0 Å². The summed E-state index contributed by atoms with van der Waals surface area (Å²) < 4.78 is 27.0. The van der Waals surface area contributed by atoms with Gasteiger partial charge in [0.15, 0.2) is 0 Å². The van der Waals surface area contributed by atoms with E-state index in [1.807, 2.05) is 24.3 Å². The predicted molar refractivity (Wildman–Crippen MR) is 82.1 cm³/mol. The van der Waals surface area contributed by atoms with Gasteiger partial charge in [-0.25, -0.2) is 8.42 Å². The summed E-state index contributed by atoms with van der Waals surface area (Å²) in [6.07, 6.45) is 0.756. The summed E-state index contributed by atoms with van der Waals surface area (Å²) in [4.78, 5) is 0.324. The number of hydrogen-bond donors (Lipinski definition) is 1. The molecule has 0 fully saturated rings. The van der Waals surface area contributed by atoms with Gasteiger partial charge in [0.25, 0.3) is 0 Å². The van der Waals surface area contributed by atoms with Crippen LogP contribution in [0, 0.1) is 0 Å². The number of nitrogens with two attached hydrogens (primary N) is 1. The van der Waals surface area contributed by atoms with Crippen molar-refractivity contribution in [3.8, 4) is 0 Å². The molecule has 2 aromatic carbocycles. The van der Waals surface area contributed by atoms with Crippen LogP contribution >= 0.6 is 0 Å². The Morgan fingerprint density at radius 2 is 1.81 bits per heavy atom. The Hall–Kier alpha value is -1.69. The van der Waals surface area contributed by atoms with Crippen LogP contribution in [-0.4, -0.2) is 19.3 Å². The third kappa shape index (κ3) is 2.72. The monoisotopic (exact) mass is 302 g/mol. The van der Waals surface area contributed by atoms with E-state index >= 15 is 0 Å². The van der Waals surface area contributed by atoms with E-state index in [-0.39, 0.29) is 0 Å². The van der Waals surface area contributed by atoms with Gasteiger partial charge >= 0.3 is 0 Å². The van der Waals surface area contributed by atoms with Gasteiger partial charge in [0.1, 0.15) is 0 Å². The second-order valence-electron chi connectivity index (χ2n) is 5.21. The lowest BCUT2D eigenvalue weighted by Gasteiger charge is -2.28. The molecular formula is C16H18N2O2S. The number of nitrogens with zero attached hydrogens (tertiary/aromatic N) is 1. The molecule has 0 unspecified atom stereocenters. The standard InChI is InChI=1S/C16H18N2O2S/c17-11-13-4-3-7-16(10-13)21(19,20)18-9-8-14-5-1-2-6-15(14)12-18/h1-7,10H,8-9,11-12,17H2. The van der Waals surface area contributed by atoms with Crippen LogP contribution in [0.15, 0.2) is 53.4 Å². The van der Waals surface area contributed by atoms with Gasteiger partial charge in [0.2, 0.25) is 10.0 Å². The first kappa shape index (κ1) is 14.3. The maximum atomic E-state index is 12.8. The average molecular weight is 302 g/mol. The van der Waals surface area contributed by atoms with Crippen molar-refractivity contribution in [3.05, 3.63) is 65.2 Å². The van der Waals surface area contributed by atoms with Crippen molar-refractivity contribution in [1.29, 1.82) is 0 Å². The molecule has 1 heterocycles. The molecule has 0 amide bonds. The van der Waals surface area contributed by atoms with Crippen LogP contribution in [0.2, 0.25) is 0 Å². The van der Waals surface area contributed by atoms with Gasteiger partial charge in [-0.1, -0.05) is 36.4 Å². The quantitative estimate of drug-likeness (QED) is 0.942. The minimum atomic E-state index is -3.46. The van der Waals surface area contributed by atoms with Crippen molar-refractivity contribution in [2.45, 2.75) is 24.4 Å². The smallest absolute Gasteiger partial charge is 0.243 e. The van der Waals surface area contributed by atoms with Crippen molar-refractivity contribution < 1.29 is 8.42 Å². The van der Waals surface area contributed by atoms with Crippen LogP contribution in [0.3, 0.4) is 0 Å². The van der Waals surface area contributed by atoms with Crippen LogP contribution in [0.1, 0.15) is 16.7 Å². The minimum absolute atomic E-state index is 0.324. The van der Waals surface area contributed by atoms with E-state index in [0.29, 0.717) is 24.5 Å². The first-order valence-electron chi connectivity index (χ1n) is 6.97. The Morgan fingerprint density at radius 1 is 1.05 bits per heavy atom. The molecule has 1 aliphatic heterocycles. The second kappa shape index (κ2) is 5.60. The molecule has 0 radical (unpaired) electrons. The summed E-state index contributed by atoms with van der Waals surface area (Å²) >= 11 is 0. The number of rotatable bonds is 3. The molecule has 4 nitrogen and oxygen atoms in total. The molecule has 5 heteroatoms. The van der Waals surface area contributed by atoms with Gasteiger partial charge < -0.3 is 5.73 Å². The lowest BCUT2D eigenvalue weighted by molar-refractivity contribution is 0.391. The highest BCUT2D eigenvalue weighted by molar-refractivity contribution is 7.89. The normalized spacial score (nSPS) is 15.7. The van der Waals surface area contributed by atoms with Crippen LogP contribution < -0.4 is 5.73 Å². The Morgan fingerprint density at radius 3 is 2.57 bits per heavy atom. The van der Waals surface area contributed by atoms with Crippen molar-refractivity contribution >= 4 is 10.0 Å². The molecule has 110 valence electrons. The fourth-order valence-electron chi connectivity index (χ4n) is 2.66. The van der Waals surface area contributed by atoms with Gasteiger partial charge in [0, 0.05) is 19.6 Å². The van der Waals surface area contributed by atoms with Gasteiger partial charge in [-0.05, 0) is 35.2 Å². The second-order valence-corrected chi connectivity index (χ2v) is 7.15. The lowest BCUT2D eigenvalue weighted by Crippen LogP contribution is -2.36. The SMILES string of the molecule is NCc1cccc(S(=O)(=O)N2CCc3ccccc3C2)c1. The first-order chi connectivity index (χ1) is 10.1. The molecule has 0 bridgehead atoms. The Balaban J connectivity index is 1.93. The van der Waals surface area contributed by atoms with E-state index in [9.17, 15) is 8.42 Å². The molecule has 0 saturated carbocycles. The first-order valence-corrected chi connectivity index (χ1v) is 8.41. The fraction of sp³-hybridized carbons (Fsp3) is 0.250. The van der Waals surface area contributed by atoms with E-state index in [1.165, 1.54) is 5.56 Å². The van der Waals surface area contributed by atoms with Crippen LogP contribution in [-0.2, 0) is 29.5 Å². The molecule has 0 aliphatic carbocycles. The summed E-state index contributed by atoms with van der Waals surface area (Å²) in [6, 6.07) is 14.9. The fourth-order valence-corrected chi connectivity index (χ4v) is 4.15. The Kier molecular flexibility index (Phi) is 3.80. The summed E-state index contributed by atoms with van der Waals surface area (Å²) in [5.41, 5.74) is 8.74. The Labute approximate surface area is 125 Å². The topological polar surface area (TPSA) is 63.4 Å². The van der Waals surface area contributed by atoms with E-state index in [4.69, 9.17) is 5.73 Å². The Bertz CT molecular complexity index is 756. The molecule has 21 heavy (non-hydrogen) atoms. The zero-order chi connectivity index (χ0) is 14.9. The van der Waals surface area contributed by atoms with Gasteiger partial charge in [-0.15, -0.1) is 0 Å². The molecule has 2 aromatic rings. The van der Waals surface area contributed by atoms with E-state index in [1.54, 1.807) is 22.5 Å². The summed E-state index contributed by atoms with van der Waals surface area (Å²) in [6.45, 7) is 1.30. The number of hydrogen-bond acceptors (Lipinski definition) is 3. The minimum Gasteiger partial charge on any atom is -0.326 e.